The van der Waals surface area contributed by atoms with E-state index in [2.05, 4.69) is 5.32 Å². The molecule has 0 aliphatic rings. The molecule has 0 aliphatic carbocycles. The lowest BCUT2D eigenvalue weighted by molar-refractivity contribution is 0.0599. The molecule has 0 unspecified atom stereocenters. The normalized spacial score (nSPS) is 10.2. The van der Waals surface area contributed by atoms with Crippen molar-refractivity contribution in [1.29, 1.82) is 0 Å². The van der Waals surface area contributed by atoms with E-state index in [1.165, 1.54) is 32.4 Å². The number of hydrogen-bond acceptors (Lipinski definition) is 6. The Morgan fingerprint density at radius 2 is 1.50 bits per heavy atom. The molecular formula is C22H21ClFNO5. The Morgan fingerprint density at radius 1 is 0.900 bits per heavy atom. The Hall–Kier alpha value is -3.16. The van der Waals surface area contributed by atoms with Crippen molar-refractivity contribution < 1.29 is 27.9 Å². The van der Waals surface area contributed by atoms with Gasteiger partial charge >= 0.3 is 11.9 Å². The summed E-state index contributed by atoms with van der Waals surface area (Å²) in [4.78, 5) is 23.8. The van der Waals surface area contributed by atoms with E-state index in [9.17, 15) is 14.0 Å². The molecule has 8 heteroatoms. The van der Waals surface area contributed by atoms with Crippen molar-refractivity contribution in [3.05, 3.63) is 82.9 Å². The molecule has 0 amide bonds. The number of nitrogens with one attached hydrogen (secondary N) is 1. The minimum atomic E-state index is -0.565. The standard InChI is InChI=1S/C22H20FNO5.ClH/c1-27-21(25)16-9-15(10-17(11-16)22(26)28-2)20-8-7-19(29-20)13-24-12-14-3-5-18(23)6-4-14;/h3-11,24H,12-13H2,1-2H3;1H. The summed E-state index contributed by atoms with van der Waals surface area (Å²) in [6, 6.07) is 14.4. The number of methoxy groups -OCH3 is 2. The van der Waals surface area contributed by atoms with Crippen LogP contribution in [0, 0.1) is 5.82 Å². The zero-order valence-electron chi connectivity index (χ0n) is 16.4. The molecule has 0 aliphatic heterocycles. The van der Waals surface area contributed by atoms with Crippen molar-refractivity contribution in [3.8, 4) is 11.3 Å². The number of ether oxygens (including phenoxy) is 2. The number of hydrogen-bond donors (Lipinski definition) is 1. The second-order valence-electron chi connectivity index (χ2n) is 6.28. The number of carbonyl (C=O) groups excluding carboxylic acids is 2. The highest BCUT2D eigenvalue weighted by atomic mass is 35.5. The number of carbonyl (C=O) groups is 2. The van der Waals surface area contributed by atoms with Gasteiger partial charge in [0.1, 0.15) is 17.3 Å². The van der Waals surface area contributed by atoms with Crippen molar-refractivity contribution in [1.82, 2.24) is 5.32 Å². The molecule has 0 radical (unpaired) electrons. The van der Waals surface area contributed by atoms with Crippen molar-refractivity contribution >= 4 is 24.3 Å². The van der Waals surface area contributed by atoms with Crippen molar-refractivity contribution in [2.45, 2.75) is 13.1 Å². The summed E-state index contributed by atoms with van der Waals surface area (Å²) < 4.78 is 28.3. The lowest BCUT2D eigenvalue weighted by Crippen LogP contribution is -2.12. The molecule has 0 fully saturated rings. The van der Waals surface area contributed by atoms with Gasteiger partial charge in [0.25, 0.3) is 0 Å². The molecule has 0 saturated carbocycles. The smallest absolute Gasteiger partial charge is 0.337 e. The first-order chi connectivity index (χ1) is 14.0. The predicted octanol–water partition coefficient (Wildman–Crippen LogP) is 4.37. The van der Waals surface area contributed by atoms with Gasteiger partial charge in [-0.1, -0.05) is 12.1 Å². The van der Waals surface area contributed by atoms with Crippen LogP contribution in [0.2, 0.25) is 0 Å². The number of esters is 2. The Kier molecular flexibility index (Phi) is 8.15. The molecule has 0 spiro atoms. The van der Waals surface area contributed by atoms with Gasteiger partial charge in [-0.2, -0.15) is 0 Å². The summed E-state index contributed by atoms with van der Waals surface area (Å²) >= 11 is 0. The topological polar surface area (TPSA) is 77.8 Å². The monoisotopic (exact) mass is 433 g/mol. The molecule has 0 saturated heterocycles. The largest absolute Gasteiger partial charge is 0.465 e. The van der Waals surface area contributed by atoms with Crippen LogP contribution < -0.4 is 5.32 Å². The fraction of sp³-hybridized carbons (Fsp3) is 0.182. The fourth-order valence-electron chi connectivity index (χ4n) is 2.80. The molecule has 1 N–H and O–H groups in total. The summed E-state index contributed by atoms with van der Waals surface area (Å²) in [7, 11) is 2.54. The Morgan fingerprint density at radius 3 is 2.07 bits per heavy atom. The maximum Gasteiger partial charge on any atom is 0.337 e. The van der Waals surface area contributed by atoms with E-state index in [1.54, 1.807) is 36.4 Å². The number of benzene rings is 2. The Labute approximate surface area is 179 Å². The van der Waals surface area contributed by atoms with Crippen LogP contribution in [-0.2, 0) is 22.6 Å². The van der Waals surface area contributed by atoms with E-state index in [-0.39, 0.29) is 29.4 Å². The first-order valence-electron chi connectivity index (χ1n) is 8.86. The van der Waals surface area contributed by atoms with E-state index >= 15 is 0 Å². The summed E-state index contributed by atoms with van der Waals surface area (Å²) in [5, 5.41) is 3.22. The van der Waals surface area contributed by atoms with Gasteiger partial charge in [-0.25, -0.2) is 14.0 Å². The molecule has 3 aromatic rings. The Bertz CT molecular complexity index is 982. The first kappa shape index (κ1) is 23.1. The van der Waals surface area contributed by atoms with Gasteiger partial charge in [-0.15, -0.1) is 12.4 Å². The third-order valence-corrected chi connectivity index (χ3v) is 4.26. The molecule has 0 bridgehead atoms. The minimum absolute atomic E-state index is 0. The summed E-state index contributed by atoms with van der Waals surface area (Å²) in [6.45, 7) is 1.01. The van der Waals surface area contributed by atoms with E-state index in [0.717, 1.165) is 5.56 Å². The predicted molar refractivity (Wildman–Crippen MR) is 111 cm³/mol. The average Bonchev–Trinajstić information content (AvgIpc) is 3.22. The molecule has 3 rings (SSSR count). The lowest BCUT2D eigenvalue weighted by atomic mass is 10.0. The van der Waals surface area contributed by atoms with Crippen LogP contribution >= 0.6 is 12.4 Å². The van der Waals surface area contributed by atoms with Crippen molar-refractivity contribution in [2.24, 2.45) is 0 Å². The maximum absolute atomic E-state index is 12.9. The van der Waals surface area contributed by atoms with Crippen molar-refractivity contribution in [2.75, 3.05) is 14.2 Å². The average molecular weight is 434 g/mol. The summed E-state index contributed by atoms with van der Waals surface area (Å²) in [5.41, 5.74) is 1.94. The molecule has 158 valence electrons. The minimum Gasteiger partial charge on any atom is -0.465 e. The second kappa shape index (κ2) is 10.6. The highest BCUT2D eigenvalue weighted by Gasteiger charge is 2.16. The second-order valence-corrected chi connectivity index (χ2v) is 6.28. The van der Waals surface area contributed by atoms with Crippen molar-refractivity contribution in [3.63, 3.8) is 0 Å². The molecule has 30 heavy (non-hydrogen) atoms. The quantitative estimate of drug-likeness (QED) is 0.557. The highest BCUT2D eigenvalue weighted by Crippen LogP contribution is 2.26. The summed E-state index contributed by atoms with van der Waals surface area (Å²) in [6.07, 6.45) is 0. The molecule has 6 nitrogen and oxygen atoms in total. The zero-order valence-corrected chi connectivity index (χ0v) is 17.3. The van der Waals surface area contributed by atoms with Gasteiger partial charge in [0.15, 0.2) is 0 Å². The molecule has 1 aromatic heterocycles. The van der Waals surface area contributed by atoms with Gasteiger partial charge in [-0.05, 0) is 48.0 Å². The fourth-order valence-corrected chi connectivity index (χ4v) is 2.80. The van der Waals surface area contributed by atoms with Crippen LogP contribution in [0.1, 0.15) is 32.0 Å². The van der Waals surface area contributed by atoms with E-state index in [1.807, 2.05) is 0 Å². The SMILES string of the molecule is COC(=O)c1cc(C(=O)OC)cc(-c2ccc(CNCc3ccc(F)cc3)o2)c1.Cl. The van der Waals surface area contributed by atoms with E-state index < -0.39 is 11.9 Å². The first-order valence-corrected chi connectivity index (χ1v) is 8.86. The molecule has 2 aromatic carbocycles. The van der Waals surface area contributed by atoms with Gasteiger partial charge in [0, 0.05) is 12.1 Å². The lowest BCUT2D eigenvalue weighted by Gasteiger charge is -2.07. The third kappa shape index (κ3) is 5.68. The number of rotatable bonds is 7. The van der Waals surface area contributed by atoms with Crippen LogP contribution in [0.4, 0.5) is 4.39 Å². The van der Waals surface area contributed by atoms with Crippen LogP contribution in [-0.4, -0.2) is 26.2 Å². The van der Waals surface area contributed by atoms with Crippen LogP contribution in [0.25, 0.3) is 11.3 Å². The molecule has 0 atom stereocenters. The highest BCUT2D eigenvalue weighted by molar-refractivity contribution is 5.97. The van der Waals surface area contributed by atoms with Crippen LogP contribution in [0.5, 0.6) is 0 Å². The molecular weight excluding hydrogens is 413 g/mol. The van der Waals surface area contributed by atoms with E-state index in [4.69, 9.17) is 13.9 Å². The zero-order chi connectivity index (χ0) is 20.8. The van der Waals surface area contributed by atoms with Gasteiger partial charge in [-0.3, -0.25) is 0 Å². The van der Waals surface area contributed by atoms with Gasteiger partial charge in [0.05, 0.1) is 31.9 Å². The number of furan rings is 1. The van der Waals surface area contributed by atoms with Crippen LogP contribution in [0.15, 0.2) is 59.0 Å². The third-order valence-electron chi connectivity index (χ3n) is 4.26. The van der Waals surface area contributed by atoms with Crippen LogP contribution in [0.3, 0.4) is 0 Å². The molecule has 1 heterocycles. The maximum atomic E-state index is 12.9. The number of halogens is 2. The Balaban J connectivity index is 0.00000320. The van der Waals surface area contributed by atoms with E-state index in [0.29, 0.717) is 30.2 Å². The summed E-state index contributed by atoms with van der Waals surface area (Å²) in [5.74, 6) is -0.232. The van der Waals surface area contributed by atoms with Gasteiger partial charge in [0.2, 0.25) is 0 Å². The van der Waals surface area contributed by atoms with Gasteiger partial charge < -0.3 is 19.2 Å².